The predicted molar refractivity (Wildman–Crippen MR) is 81.4 cm³/mol. The number of aryl methyl sites for hydroxylation is 1. The van der Waals surface area contributed by atoms with Crippen LogP contribution in [0.15, 0.2) is 41.3 Å². The van der Waals surface area contributed by atoms with E-state index in [1.807, 2.05) is 32.0 Å². The van der Waals surface area contributed by atoms with Gasteiger partial charge in [-0.25, -0.2) is 13.6 Å². The molecule has 0 bridgehead atoms. The van der Waals surface area contributed by atoms with Crippen LogP contribution in [-0.4, -0.2) is 8.42 Å². The van der Waals surface area contributed by atoms with E-state index in [4.69, 9.17) is 10.9 Å². The van der Waals surface area contributed by atoms with Gasteiger partial charge in [-0.2, -0.15) is 0 Å². The van der Waals surface area contributed by atoms with Gasteiger partial charge in [0.1, 0.15) is 0 Å². The number of nitrogen functional groups attached to an aromatic ring is 1. The fourth-order valence-corrected chi connectivity index (χ4v) is 2.49. The molecule has 2 rings (SSSR count). The van der Waals surface area contributed by atoms with Crippen LogP contribution < -0.4 is 16.2 Å². The lowest BCUT2D eigenvalue weighted by molar-refractivity contribution is 0.598. The summed E-state index contributed by atoms with van der Waals surface area (Å²) in [4.78, 5) is -0.00898. The zero-order chi connectivity index (χ0) is 14.9. The second-order valence-corrected chi connectivity index (χ2v) is 6.27. The molecule has 0 saturated carbocycles. The van der Waals surface area contributed by atoms with Gasteiger partial charge in [0.15, 0.2) is 0 Å². The Morgan fingerprint density at radius 1 is 1.10 bits per heavy atom. The van der Waals surface area contributed by atoms with Crippen molar-refractivity contribution in [3.05, 3.63) is 47.5 Å². The number of nitrogens with one attached hydrogen (secondary N) is 1. The molecular weight excluding hydrogens is 274 g/mol. The van der Waals surface area contributed by atoms with Crippen molar-refractivity contribution >= 4 is 27.1 Å². The number of primary sulfonamides is 1. The van der Waals surface area contributed by atoms with Gasteiger partial charge in [0.05, 0.1) is 4.90 Å². The molecule has 0 radical (unpaired) electrons. The maximum Gasteiger partial charge on any atom is 0.238 e. The van der Waals surface area contributed by atoms with Gasteiger partial charge < -0.3 is 11.1 Å². The smallest absolute Gasteiger partial charge is 0.238 e. The molecule has 5 nitrogen and oxygen atoms in total. The van der Waals surface area contributed by atoms with E-state index in [2.05, 4.69) is 5.32 Å². The van der Waals surface area contributed by atoms with E-state index < -0.39 is 10.0 Å². The average molecular weight is 291 g/mol. The summed E-state index contributed by atoms with van der Waals surface area (Å²) in [7, 11) is -3.78. The highest BCUT2D eigenvalue weighted by molar-refractivity contribution is 7.89. The standard InChI is InChI=1S/C14H17N3O2S/c1-9-4-3-5-14(10(9)2)17-12-6-11(15)7-13(8-12)20(16,18)19/h3-8,17H,15H2,1-2H3,(H2,16,18,19). The molecule has 0 fully saturated rings. The molecule has 0 aliphatic carbocycles. The number of anilines is 3. The van der Waals surface area contributed by atoms with E-state index in [1.54, 1.807) is 6.07 Å². The predicted octanol–water partition coefficient (Wildman–Crippen LogP) is 2.28. The van der Waals surface area contributed by atoms with Crippen LogP contribution in [0, 0.1) is 13.8 Å². The SMILES string of the molecule is Cc1cccc(Nc2cc(N)cc(S(N)(=O)=O)c2)c1C. The summed E-state index contributed by atoms with van der Waals surface area (Å²) in [5.41, 5.74) is 9.77. The molecule has 0 atom stereocenters. The van der Waals surface area contributed by atoms with Gasteiger partial charge in [0.2, 0.25) is 10.0 Å². The van der Waals surface area contributed by atoms with Gasteiger partial charge in [-0.05, 0) is 49.2 Å². The van der Waals surface area contributed by atoms with E-state index >= 15 is 0 Å². The number of hydrogen-bond acceptors (Lipinski definition) is 4. The van der Waals surface area contributed by atoms with Crippen LogP contribution in [0.5, 0.6) is 0 Å². The van der Waals surface area contributed by atoms with E-state index in [1.165, 1.54) is 12.1 Å². The lowest BCUT2D eigenvalue weighted by Gasteiger charge is -2.13. The van der Waals surface area contributed by atoms with Crippen molar-refractivity contribution in [1.82, 2.24) is 0 Å². The maximum absolute atomic E-state index is 11.4. The third-order valence-electron chi connectivity index (χ3n) is 3.14. The molecule has 5 N–H and O–H groups in total. The molecule has 106 valence electrons. The van der Waals surface area contributed by atoms with E-state index in [9.17, 15) is 8.42 Å². The van der Waals surface area contributed by atoms with Gasteiger partial charge >= 0.3 is 0 Å². The largest absolute Gasteiger partial charge is 0.399 e. The van der Waals surface area contributed by atoms with Crippen LogP contribution in [0.4, 0.5) is 17.1 Å². The Morgan fingerprint density at radius 3 is 2.45 bits per heavy atom. The zero-order valence-corrected chi connectivity index (χ0v) is 12.2. The minimum atomic E-state index is -3.78. The third-order valence-corrected chi connectivity index (χ3v) is 4.03. The summed E-state index contributed by atoms with van der Waals surface area (Å²) in [6.07, 6.45) is 0. The minimum Gasteiger partial charge on any atom is -0.399 e. The highest BCUT2D eigenvalue weighted by atomic mass is 32.2. The van der Waals surface area contributed by atoms with E-state index in [0.717, 1.165) is 16.8 Å². The number of nitrogens with two attached hydrogens (primary N) is 2. The lowest BCUT2D eigenvalue weighted by Crippen LogP contribution is -2.12. The Kier molecular flexibility index (Phi) is 3.69. The van der Waals surface area contributed by atoms with Crippen LogP contribution >= 0.6 is 0 Å². The summed E-state index contributed by atoms with van der Waals surface area (Å²) in [6, 6.07) is 10.3. The quantitative estimate of drug-likeness (QED) is 0.755. The molecule has 2 aromatic rings. The van der Waals surface area contributed by atoms with Crippen LogP contribution in [-0.2, 0) is 10.0 Å². The number of hydrogen-bond donors (Lipinski definition) is 3. The van der Waals surface area contributed by atoms with Crippen molar-refractivity contribution in [2.75, 3.05) is 11.1 Å². The average Bonchev–Trinajstić information content (AvgIpc) is 2.33. The Labute approximate surface area is 118 Å². The first kappa shape index (κ1) is 14.4. The molecule has 0 aromatic heterocycles. The molecule has 20 heavy (non-hydrogen) atoms. The van der Waals surface area contributed by atoms with Crippen molar-refractivity contribution in [3.8, 4) is 0 Å². The topological polar surface area (TPSA) is 98.2 Å². The molecule has 0 saturated heterocycles. The Hall–Kier alpha value is -2.05. The summed E-state index contributed by atoms with van der Waals surface area (Å²) in [5.74, 6) is 0. The zero-order valence-electron chi connectivity index (χ0n) is 11.3. The van der Waals surface area contributed by atoms with Crippen molar-refractivity contribution < 1.29 is 8.42 Å². The molecular formula is C14H17N3O2S. The van der Waals surface area contributed by atoms with Gasteiger partial charge in [0, 0.05) is 17.1 Å². The van der Waals surface area contributed by atoms with Crippen molar-refractivity contribution in [3.63, 3.8) is 0 Å². The molecule has 0 aliphatic heterocycles. The first-order chi connectivity index (χ1) is 9.27. The van der Waals surface area contributed by atoms with Crippen LogP contribution in [0.1, 0.15) is 11.1 Å². The third kappa shape index (κ3) is 3.09. The highest BCUT2D eigenvalue weighted by Crippen LogP contribution is 2.26. The molecule has 2 aromatic carbocycles. The molecule has 0 heterocycles. The van der Waals surface area contributed by atoms with Crippen molar-refractivity contribution in [2.45, 2.75) is 18.7 Å². The lowest BCUT2D eigenvalue weighted by atomic mass is 10.1. The van der Waals surface area contributed by atoms with Crippen molar-refractivity contribution in [1.29, 1.82) is 0 Å². The van der Waals surface area contributed by atoms with Gasteiger partial charge in [-0.3, -0.25) is 0 Å². The normalized spacial score (nSPS) is 11.3. The van der Waals surface area contributed by atoms with Crippen LogP contribution in [0.3, 0.4) is 0 Å². The van der Waals surface area contributed by atoms with E-state index in [0.29, 0.717) is 11.4 Å². The number of rotatable bonds is 3. The first-order valence-electron chi connectivity index (χ1n) is 6.04. The number of sulfonamides is 1. The minimum absolute atomic E-state index is 0.00898. The van der Waals surface area contributed by atoms with E-state index in [-0.39, 0.29) is 4.90 Å². The first-order valence-corrected chi connectivity index (χ1v) is 7.58. The Balaban J connectivity index is 2.44. The summed E-state index contributed by atoms with van der Waals surface area (Å²) in [6.45, 7) is 4.00. The Bertz CT molecular complexity index is 755. The van der Waals surface area contributed by atoms with Crippen LogP contribution in [0.2, 0.25) is 0 Å². The van der Waals surface area contributed by atoms with Gasteiger partial charge in [-0.15, -0.1) is 0 Å². The second kappa shape index (κ2) is 5.15. The Morgan fingerprint density at radius 2 is 1.80 bits per heavy atom. The molecule has 0 aliphatic rings. The van der Waals surface area contributed by atoms with Gasteiger partial charge in [-0.1, -0.05) is 12.1 Å². The summed E-state index contributed by atoms with van der Waals surface area (Å²) < 4.78 is 22.8. The second-order valence-electron chi connectivity index (χ2n) is 4.71. The van der Waals surface area contributed by atoms with Gasteiger partial charge in [0.25, 0.3) is 0 Å². The fourth-order valence-electron chi connectivity index (χ4n) is 1.90. The van der Waals surface area contributed by atoms with Crippen LogP contribution in [0.25, 0.3) is 0 Å². The highest BCUT2D eigenvalue weighted by Gasteiger charge is 2.10. The molecule has 0 amide bonds. The monoisotopic (exact) mass is 291 g/mol. The molecule has 0 unspecified atom stereocenters. The number of benzene rings is 2. The summed E-state index contributed by atoms with van der Waals surface area (Å²) >= 11 is 0. The maximum atomic E-state index is 11.4. The summed E-state index contributed by atoms with van der Waals surface area (Å²) in [5, 5.41) is 8.30. The fraction of sp³-hybridized carbons (Fsp3) is 0.143. The van der Waals surface area contributed by atoms with Crippen molar-refractivity contribution in [2.24, 2.45) is 5.14 Å². The molecule has 6 heteroatoms. The molecule has 0 spiro atoms.